The molecule has 0 aromatic heterocycles. The predicted molar refractivity (Wildman–Crippen MR) is 73.8 cm³/mol. The van der Waals surface area contributed by atoms with E-state index in [2.05, 4.69) is 0 Å². The highest BCUT2D eigenvalue weighted by Crippen LogP contribution is 2.34. The normalized spacial score (nSPS) is 20.9. The summed E-state index contributed by atoms with van der Waals surface area (Å²) in [4.78, 5) is 14.0. The van der Waals surface area contributed by atoms with Crippen LogP contribution in [0.1, 0.15) is 12.0 Å². The van der Waals surface area contributed by atoms with Gasteiger partial charge in [-0.3, -0.25) is 4.79 Å². The van der Waals surface area contributed by atoms with Gasteiger partial charge in [-0.05, 0) is 30.2 Å². The molecule has 0 spiro atoms. The Morgan fingerprint density at radius 3 is 2.74 bits per heavy atom. The van der Waals surface area contributed by atoms with E-state index < -0.39 is 0 Å². The molecule has 1 saturated heterocycles. The minimum atomic E-state index is -0.0777. The molecule has 0 atom stereocenters. The van der Waals surface area contributed by atoms with Crippen molar-refractivity contribution < 1.29 is 9.53 Å². The van der Waals surface area contributed by atoms with Crippen LogP contribution in [0.2, 0.25) is 0 Å². The Kier molecular flexibility index (Phi) is 2.95. The van der Waals surface area contributed by atoms with Gasteiger partial charge in [-0.1, -0.05) is 0 Å². The van der Waals surface area contributed by atoms with E-state index in [9.17, 15) is 4.79 Å². The van der Waals surface area contributed by atoms with Crippen molar-refractivity contribution in [2.75, 3.05) is 36.9 Å². The topological polar surface area (TPSA) is 81.6 Å². The smallest absolute Gasteiger partial charge is 0.227 e. The zero-order valence-corrected chi connectivity index (χ0v) is 10.9. The van der Waals surface area contributed by atoms with Gasteiger partial charge in [0.1, 0.15) is 0 Å². The third kappa shape index (κ3) is 2.09. The molecule has 2 aliphatic rings. The molecule has 2 aliphatic heterocycles. The van der Waals surface area contributed by atoms with Crippen LogP contribution in [0.15, 0.2) is 18.2 Å². The summed E-state index contributed by atoms with van der Waals surface area (Å²) in [5.74, 6) is 0.164. The first-order valence-corrected chi connectivity index (χ1v) is 6.60. The summed E-state index contributed by atoms with van der Waals surface area (Å²) in [5, 5.41) is 0. The quantitative estimate of drug-likeness (QED) is 0.777. The van der Waals surface area contributed by atoms with Crippen LogP contribution in [-0.2, 0) is 16.0 Å². The van der Waals surface area contributed by atoms with Crippen LogP contribution in [0.25, 0.3) is 0 Å². The molecule has 1 amide bonds. The lowest BCUT2D eigenvalue weighted by atomic mass is 9.84. The van der Waals surface area contributed by atoms with Gasteiger partial charge >= 0.3 is 0 Å². The highest BCUT2D eigenvalue weighted by molar-refractivity contribution is 5.96. The molecule has 4 N–H and O–H groups in total. The fourth-order valence-corrected chi connectivity index (χ4v) is 2.75. The average Bonchev–Trinajstić information content (AvgIpc) is 2.36. The summed E-state index contributed by atoms with van der Waals surface area (Å²) in [6.45, 7) is 2.45. The van der Waals surface area contributed by atoms with Crippen molar-refractivity contribution in [3.05, 3.63) is 23.8 Å². The maximum Gasteiger partial charge on any atom is 0.227 e. The predicted octanol–water partition coefficient (Wildman–Crippen LogP) is 0.523. The van der Waals surface area contributed by atoms with E-state index >= 15 is 0 Å². The van der Waals surface area contributed by atoms with Crippen molar-refractivity contribution >= 4 is 17.3 Å². The summed E-state index contributed by atoms with van der Waals surface area (Å²) < 4.78 is 5.28. The Morgan fingerprint density at radius 1 is 1.32 bits per heavy atom. The molecule has 0 unspecified atom stereocenters. The third-order valence-electron chi connectivity index (χ3n) is 4.05. The van der Waals surface area contributed by atoms with Gasteiger partial charge in [-0.15, -0.1) is 0 Å². The van der Waals surface area contributed by atoms with Crippen molar-refractivity contribution in [3.63, 3.8) is 0 Å². The van der Waals surface area contributed by atoms with E-state index in [4.69, 9.17) is 16.2 Å². The molecule has 1 fully saturated rings. The third-order valence-corrected chi connectivity index (χ3v) is 4.05. The van der Waals surface area contributed by atoms with Crippen molar-refractivity contribution in [1.82, 2.24) is 0 Å². The fraction of sp³-hybridized carbons (Fsp3) is 0.500. The molecule has 2 heterocycles. The molecule has 102 valence electrons. The molecule has 3 rings (SSSR count). The van der Waals surface area contributed by atoms with Crippen LogP contribution < -0.4 is 16.4 Å². The average molecular weight is 261 g/mol. The van der Waals surface area contributed by atoms with E-state index in [1.807, 2.05) is 23.1 Å². The first kappa shape index (κ1) is 12.4. The number of hydrogen-bond acceptors (Lipinski definition) is 4. The number of amides is 1. The zero-order valence-electron chi connectivity index (χ0n) is 10.9. The summed E-state index contributed by atoms with van der Waals surface area (Å²) in [5.41, 5.74) is 14.4. The van der Waals surface area contributed by atoms with Crippen LogP contribution in [-0.4, -0.2) is 32.2 Å². The molecule has 1 aromatic carbocycles. The SMILES string of the molecule is NCC1(CN2C(=O)CCc3cc(N)ccc32)COC1. The number of fused-ring (bicyclic) bond motifs is 1. The van der Waals surface area contributed by atoms with E-state index in [-0.39, 0.29) is 11.3 Å². The monoisotopic (exact) mass is 261 g/mol. The molecule has 0 radical (unpaired) electrons. The Morgan fingerprint density at radius 2 is 2.11 bits per heavy atom. The maximum absolute atomic E-state index is 12.2. The van der Waals surface area contributed by atoms with E-state index in [1.165, 1.54) is 0 Å². The Labute approximate surface area is 112 Å². The molecular weight excluding hydrogens is 242 g/mol. The molecule has 1 aromatic rings. The molecule has 19 heavy (non-hydrogen) atoms. The number of nitrogen functional groups attached to an aromatic ring is 1. The molecule has 5 heteroatoms. The number of ether oxygens (including phenoxy) is 1. The number of carbonyl (C=O) groups is 1. The number of benzene rings is 1. The van der Waals surface area contributed by atoms with Crippen LogP contribution in [0.3, 0.4) is 0 Å². The summed E-state index contributed by atoms with van der Waals surface area (Å²) in [6.07, 6.45) is 1.31. The second kappa shape index (κ2) is 4.51. The van der Waals surface area contributed by atoms with E-state index in [0.717, 1.165) is 23.4 Å². The van der Waals surface area contributed by atoms with Gasteiger partial charge in [-0.2, -0.15) is 0 Å². The number of carbonyl (C=O) groups excluding carboxylic acids is 1. The Balaban J connectivity index is 1.90. The second-order valence-corrected chi connectivity index (χ2v) is 5.56. The first-order chi connectivity index (χ1) is 9.13. The largest absolute Gasteiger partial charge is 0.399 e. The highest BCUT2D eigenvalue weighted by Gasteiger charge is 2.41. The Hall–Kier alpha value is -1.59. The number of aryl methyl sites for hydroxylation is 1. The number of nitrogens with zero attached hydrogens (tertiary/aromatic N) is 1. The molecule has 0 saturated carbocycles. The van der Waals surface area contributed by atoms with Crippen molar-refractivity contribution in [3.8, 4) is 0 Å². The first-order valence-electron chi connectivity index (χ1n) is 6.60. The summed E-state index contributed by atoms with van der Waals surface area (Å²) >= 11 is 0. The molecular formula is C14H19N3O2. The number of anilines is 2. The fourth-order valence-electron chi connectivity index (χ4n) is 2.75. The van der Waals surface area contributed by atoms with Gasteiger partial charge in [0.05, 0.1) is 13.2 Å². The minimum Gasteiger partial charge on any atom is -0.399 e. The van der Waals surface area contributed by atoms with Crippen LogP contribution >= 0.6 is 0 Å². The van der Waals surface area contributed by atoms with Crippen LogP contribution in [0.4, 0.5) is 11.4 Å². The standard InChI is InChI=1S/C14H19N3O2/c15-6-14(8-19-9-14)7-17-12-3-2-11(16)5-10(12)1-4-13(17)18/h2-3,5H,1,4,6-9,15-16H2. The molecule has 0 aliphatic carbocycles. The maximum atomic E-state index is 12.2. The van der Waals surface area contributed by atoms with Crippen molar-refractivity contribution in [1.29, 1.82) is 0 Å². The lowest BCUT2D eigenvalue weighted by Crippen LogP contribution is -2.57. The van der Waals surface area contributed by atoms with Crippen LogP contribution in [0, 0.1) is 5.41 Å². The minimum absolute atomic E-state index is 0.0777. The molecule has 5 nitrogen and oxygen atoms in total. The van der Waals surface area contributed by atoms with Crippen molar-refractivity contribution in [2.45, 2.75) is 12.8 Å². The van der Waals surface area contributed by atoms with Gasteiger partial charge in [0.2, 0.25) is 5.91 Å². The van der Waals surface area contributed by atoms with Gasteiger partial charge in [0.25, 0.3) is 0 Å². The van der Waals surface area contributed by atoms with Gasteiger partial charge < -0.3 is 21.1 Å². The highest BCUT2D eigenvalue weighted by atomic mass is 16.5. The van der Waals surface area contributed by atoms with Crippen LogP contribution in [0.5, 0.6) is 0 Å². The van der Waals surface area contributed by atoms with E-state index in [0.29, 0.717) is 32.7 Å². The summed E-state index contributed by atoms with van der Waals surface area (Å²) in [7, 11) is 0. The number of hydrogen-bond donors (Lipinski definition) is 2. The second-order valence-electron chi connectivity index (χ2n) is 5.56. The van der Waals surface area contributed by atoms with Gasteiger partial charge in [0, 0.05) is 36.3 Å². The van der Waals surface area contributed by atoms with Crippen molar-refractivity contribution in [2.24, 2.45) is 11.1 Å². The lowest BCUT2D eigenvalue weighted by molar-refractivity contribution is -0.123. The Bertz CT molecular complexity index is 506. The number of rotatable bonds is 3. The van der Waals surface area contributed by atoms with E-state index in [1.54, 1.807) is 0 Å². The zero-order chi connectivity index (χ0) is 13.5. The van der Waals surface area contributed by atoms with Gasteiger partial charge in [0.15, 0.2) is 0 Å². The molecule has 0 bridgehead atoms. The lowest BCUT2D eigenvalue weighted by Gasteiger charge is -2.44. The van der Waals surface area contributed by atoms with Gasteiger partial charge in [-0.25, -0.2) is 0 Å². The number of nitrogens with two attached hydrogens (primary N) is 2. The summed E-state index contributed by atoms with van der Waals surface area (Å²) in [6, 6.07) is 5.74.